The van der Waals surface area contributed by atoms with Crippen LogP contribution in [0.5, 0.6) is 0 Å². The number of hydrogen-bond donors (Lipinski definition) is 1. The van der Waals surface area contributed by atoms with Crippen LogP contribution in [0.3, 0.4) is 0 Å². The van der Waals surface area contributed by atoms with E-state index < -0.39 is 5.54 Å². The number of aryl methyl sites for hydroxylation is 2. The molecule has 112 valence electrons. The fourth-order valence-corrected chi connectivity index (χ4v) is 2.60. The smallest absolute Gasteiger partial charge is 0.325 e. The number of rotatable bonds is 8. The van der Waals surface area contributed by atoms with E-state index in [1.807, 2.05) is 19.3 Å². The highest BCUT2D eigenvalue weighted by molar-refractivity contribution is 5.80. The second-order valence-corrected chi connectivity index (χ2v) is 5.74. The Morgan fingerprint density at radius 1 is 1.60 bits per heavy atom. The summed E-state index contributed by atoms with van der Waals surface area (Å²) in [6.07, 6.45) is 8.79. The Bertz CT molecular complexity index is 454. The molecule has 0 spiro atoms. The first-order chi connectivity index (χ1) is 9.59. The van der Waals surface area contributed by atoms with Crippen LogP contribution < -0.4 is 5.32 Å². The topological polar surface area (TPSA) is 56.2 Å². The van der Waals surface area contributed by atoms with Crippen molar-refractivity contribution in [2.24, 2.45) is 0 Å². The molecule has 0 radical (unpaired) electrons. The van der Waals surface area contributed by atoms with Crippen LogP contribution in [0, 0.1) is 0 Å². The van der Waals surface area contributed by atoms with Gasteiger partial charge in [0.1, 0.15) is 11.4 Å². The third-order valence-electron chi connectivity index (χ3n) is 3.93. The summed E-state index contributed by atoms with van der Waals surface area (Å²) in [5, 5.41) is 3.43. The normalized spacial score (nSPS) is 17.8. The zero-order chi connectivity index (χ0) is 14.6. The minimum Gasteiger partial charge on any atom is -0.468 e. The minimum absolute atomic E-state index is 0.161. The van der Waals surface area contributed by atoms with Gasteiger partial charge in [0, 0.05) is 31.4 Å². The number of hydrogen-bond acceptors (Lipinski definition) is 4. The molecule has 1 aromatic heterocycles. The molecule has 0 saturated heterocycles. The largest absolute Gasteiger partial charge is 0.468 e. The summed E-state index contributed by atoms with van der Waals surface area (Å²) in [6, 6.07) is 0.485. The molecule has 0 aromatic carbocycles. The Balaban J connectivity index is 1.89. The lowest BCUT2D eigenvalue weighted by atomic mass is 9.95. The third kappa shape index (κ3) is 3.60. The van der Waals surface area contributed by atoms with Crippen LogP contribution in [0.4, 0.5) is 0 Å². The van der Waals surface area contributed by atoms with E-state index in [-0.39, 0.29) is 5.97 Å². The maximum absolute atomic E-state index is 12.0. The molecule has 0 bridgehead atoms. The molecule has 20 heavy (non-hydrogen) atoms. The molecule has 0 aliphatic heterocycles. The third-order valence-corrected chi connectivity index (χ3v) is 3.93. The van der Waals surface area contributed by atoms with Crippen LogP contribution in [0.15, 0.2) is 12.4 Å². The molecule has 2 rings (SSSR count). The Kier molecular flexibility index (Phi) is 4.81. The number of imidazole rings is 1. The molecule has 1 heterocycles. The summed E-state index contributed by atoms with van der Waals surface area (Å²) in [4.78, 5) is 16.3. The maximum atomic E-state index is 12.0. The van der Waals surface area contributed by atoms with Crippen molar-refractivity contribution in [3.8, 4) is 0 Å². The van der Waals surface area contributed by atoms with Crippen LogP contribution in [0.1, 0.15) is 45.4 Å². The SMILES string of the molecule is CCc1nccn1CCCC(C)(NC1CC1)C(=O)OC. The molecule has 1 atom stereocenters. The van der Waals surface area contributed by atoms with Gasteiger partial charge in [-0.1, -0.05) is 6.92 Å². The Labute approximate surface area is 120 Å². The number of methoxy groups -OCH3 is 1. The van der Waals surface area contributed by atoms with Gasteiger partial charge in [-0.25, -0.2) is 4.98 Å². The highest BCUT2D eigenvalue weighted by atomic mass is 16.5. The molecular weight excluding hydrogens is 254 g/mol. The van der Waals surface area contributed by atoms with E-state index in [1.54, 1.807) is 0 Å². The van der Waals surface area contributed by atoms with E-state index in [0.717, 1.165) is 44.5 Å². The first-order valence-electron chi connectivity index (χ1n) is 7.45. The number of aromatic nitrogens is 2. The van der Waals surface area contributed by atoms with Crippen LogP contribution in [-0.2, 0) is 22.5 Å². The van der Waals surface area contributed by atoms with E-state index in [2.05, 4.69) is 21.8 Å². The summed E-state index contributed by atoms with van der Waals surface area (Å²) < 4.78 is 7.12. The Hall–Kier alpha value is -1.36. The second kappa shape index (κ2) is 6.39. The summed E-state index contributed by atoms with van der Waals surface area (Å²) in [5.74, 6) is 0.936. The summed E-state index contributed by atoms with van der Waals surface area (Å²) in [6.45, 7) is 4.94. The highest BCUT2D eigenvalue weighted by Crippen LogP contribution is 2.25. The van der Waals surface area contributed by atoms with Crippen molar-refractivity contribution in [2.75, 3.05) is 7.11 Å². The van der Waals surface area contributed by atoms with Gasteiger partial charge in [0.15, 0.2) is 0 Å². The minimum atomic E-state index is -0.567. The van der Waals surface area contributed by atoms with E-state index >= 15 is 0 Å². The maximum Gasteiger partial charge on any atom is 0.325 e. The van der Waals surface area contributed by atoms with Crippen molar-refractivity contribution in [1.82, 2.24) is 14.9 Å². The predicted molar refractivity (Wildman–Crippen MR) is 77.4 cm³/mol. The van der Waals surface area contributed by atoms with Crippen molar-refractivity contribution in [2.45, 2.75) is 64.1 Å². The van der Waals surface area contributed by atoms with Crippen LogP contribution in [0.2, 0.25) is 0 Å². The summed E-state index contributed by atoms with van der Waals surface area (Å²) >= 11 is 0. The Morgan fingerprint density at radius 2 is 2.35 bits per heavy atom. The standard InChI is InChI=1S/C15H25N3O2/c1-4-13-16-9-11-18(13)10-5-8-15(2,14(19)20-3)17-12-6-7-12/h9,11-12,17H,4-8,10H2,1-3H3. The van der Waals surface area contributed by atoms with Gasteiger partial charge >= 0.3 is 5.97 Å². The average Bonchev–Trinajstić information content (AvgIpc) is 3.13. The summed E-state index contributed by atoms with van der Waals surface area (Å²) in [7, 11) is 1.46. The van der Waals surface area contributed by atoms with Crippen molar-refractivity contribution in [1.29, 1.82) is 0 Å². The van der Waals surface area contributed by atoms with Crippen LogP contribution in [0.25, 0.3) is 0 Å². The molecule has 1 N–H and O–H groups in total. The van der Waals surface area contributed by atoms with Gasteiger partial charge < -0.3 is 9.30 Å². The van der Waals surface area contributed by atoms with Crippen molar-refractivity contribution < 1.29 is 9.53 Å². The molecular formula is C15H25N3O2. The number of nitrogens with zero attached hydrogens (tertiary/aromatic N) is 2. The molecule has 0 amide bonds. The number of esters is 1. The average molecular weight is 279 g/mol. The van der Waals surface area contributed by atoms with Crippen molar-refractivity contribution in [3.63, 3.8) is 0 Å². The molecule has 1 aliphatic rings. The van der Waals surface area contributed by atoms with Crippen LogP contribution >= 0.6 is 0 Å². The number of carbonyl (C=O) groups excluding carboxylic acids is 1. The van der Waals surface area contributed by atoms with Gasteiger partial charge in [0.05, 0.1) is 7.11 Å². The Morgan fingerprint density at radius 3 is 2.95 bits per heavy atom. The number of carbonyl (C=O) groups is 1. The molecule has 1 fully saturated rings. The van der Waals surface area contributed by atoms with Crippen molar-refractivity contribution >= 4 is 5.97 Å². The van der Waals surface area contributed by atoms with Crippen LogP contribution in [-0.4, -0.2) is 34.2 Å². The second-order valence-electron chi connectivity index (χ2n) is 5.74. The zero-order valence-electron chi connectivity index (χ0n) is 12.7. The molecule has 5 nitrogen and oxygen atoms in total. The highest BCUT2D eigenvalue weighted by Gasteiger charge is 2.38. The monoisotopic (exact) mass is 279 g/mol. The zero-order valence-corrected chi connectivity index (χ0v) is 12.7. The van der Waals surface area contributed by atoms with E-state index in [0.29, 0.717) is 6.04 Å². The molecule has 1 aliphatic carbocycles. The van der Waals surface area contributed by atoms with Gasteiger partial charge in [-0.3, -0.25) is 10.1 Å². The molecule has 1 aromatic rings. The van der Waals surface area contributed by atoms with Crippen molar-refractivity contribution in [3.05, 3.63) is 18.2 Å². The fraction of sp³-hybridized carbons (Fsp3) is 0.733. The first kappa shape index (κ1) is 15.0. The van der Waals surface area contributed by atoms with E-state index in [4.69, 9.17) is 4.74 Å². The molecule has 1 saturated carbocycles. The quantitative estimate of drug-likeness (QED) is 0.739. The van der Waals surface area contributed by atoms with E-state index in [1.165, 1.54) is 7.11 Å². The lowest BCUT2D eigenvalue weighted by molar-refractivity contribution is -0.148. The lowest BCUT2D eigenvalue weighted by Crippen LogP contribution is -2.51. The lowest BCUT2D eigenvalue weighted by Gasteiger charge is -2.28. The predicted octanol–water partition coefficient (Wildman–Crippen LogP) is 1.91. The van der Waals surface area contributed by atoms with Gasteiger partial charge in [-0.05, 0) is 32.6 Å². The van der Waals surface area contributed by atoms with Gasteiger partial charge in [-0.2, -0.15) is 0 Å². The molecule has 1 unspecified atom stereocenters. The van der Waals surface area contributed by atoms with Gasteiger partial charge in [-0.15, -0.1) is 0 Å². The number of nitrogens with one attached hydrogen (secondary N) is 1. The van der Waals surface area contributed by atoms with Gasteiger partial charge in [0.2, 0.25) is 0 Å². The van der Waals surface area contributed by atoms with E-state index in [9.17, 15) is 4.79 Å². The molecule has 5 heteroatoms. The summed E-state index contributed by atoms with van der Waals surface area (Å²) in [5.41, 5.74) is -0.567. The number of ether oxygens (including phenoxy) is 1. The fourth-order valence-electron chi connectivity index (χ4n) is 2.60. The first-order valence-corrected chi connectivity index (χ1v) is 7.45. The van der Waals surface area contributed by atoms with Gasteiger partial charge in [0.25, 0.3) is 0 Å².